The Labute approximate surface area is 144 Å². The molecule has 8 heteroatoms. The Morgan fingerprint density at radius 2 is 2.04 bits per heavy atom. The SMILES string of the molecule is Cn1nc(C(=O)Nc2nc3ccc(F)cc3s2)c(=O)c2ccccc21. The van der Waals surface area contributed by atoms with Gasteiger partial charge in [0.25, 0.3) is 5.91 Å². The predicted octanol–water partition coefficient (Wildman–Crippen LogP) is 2.93. The third-order valence-electron chi connectivity index (χ3n) is 3.75. The highest BCUT2D eigenvalue weighted by Gasteiger charge is 2.18. The van der Waals surface area contributed by atoms with Gasteiger partial charge in [-0.25, -0.2) is 9.37 Å². The molecular formula is C17H11FN4O2S. The number of hydrogen-bond acceptors (Lipinski definition) is 5. The van der Waals surface area contributed by atoms with Gasteiger partial charge in [0.15, 0.2) is 10.8 Å². The first kappa shape index (κ1) is 15.4. The number of nitrogens with one attached hydrogen (secondary N) is 1. The number of nitrogens with zero attached hydrogens (tertiary/aromatic N) is 3. The Hall–Kier alpha value is -3.13. The van der Waals surface area contributed by atoms with Crippen LogP contribution in [0.3, 0.4) is 0 Å². The number of para-hydroxylation sites is 1. The third-order valence-corrected chi connectivity index (χ3v) is 4.68. The van der Waals surface area contributed by atoms with Crippen molar-refractivity contribution in [1.29, 1.82) is 0 Å². The van der Waals surface area contributed by atoms with E-state index in [2.05, 4.69) is 15.4 Å². The van der Waals surface area contributed by atoms with Gasteiger partial charge in [0, 0.05) is 12.4 Å². The zero-order valence-electron chi connectivity index (χ0n) is 13.0. The smallest absolute Gasteiger partial charge is 0.281 e. The monoisotopic (exact) mass is 354 g/mol. The summed E-state index contributed by atoms with van der Waals surface area (Å²) in [5, 5.41) is 7.34. The van der Waals surface area contributed by atoms with Crippen LogP contribution in [0.4, 0.5) is 9.52 Å². The number of carbonyl (C=O) groups is 1. The summed E-state index contributed by atoms with van der Waals surface area (Å²) in [7, 11) is 1.67. The number of benzene rings is 2. The van der Waals surface area contributed by atoms with Crippen molar-refractivity contribution in [3.63, 3.8) is 0 Å². The fraction of sp³-hybridized carbons (Fsp3) is 0.0588. The number of rotatable bonds is 2. The van der Waals surface area contributed by atoms with Crippen LogP contribution in [0.5, 0.6) is 0 Å². The molecule has 4 aromatic rings. The molecule has 0 radical (unpaired) electrons. The Morgan fingerprint density at radius 3 is 2.88 bits per heavy atom. The van der Waals surface area contributed by atoms with Gasteiger partial charge in [-0.05, 0) is 30.3 Å². The summed E-state index contributed by atoms with van der Waals surface area (Å²) in [4.78, 5) is 29.2. The summed E-state index contributed by atoms with van der Waals surface area (Å²) in [5.74, 6) is -1.02. The Morgan fingerprint density at radius 1 is 1.24 bits per heavy atom. The quantitative estimate of drug-likeness (QED) is 0.600. The van der Waals surface area contributed by atoms with Crippen molar-refractivity contribution in [3.05, 3.63) is 64.2 Å². The third kappa shape index (κ3) is 2.66. The molecule has 0 aliphatic carbocycles. The van der Waals surface area contributed by atoms with Gasteiger partial charge in [-0.1, -0.05) is 23.5 Å². The van der Waals surface area contributed by atoms with E-state index in [0.717, 1.165) is 11.3 Å². The fourth-order valence-corrected chi connectivity index (χ4v) is 3.47. The van der Waals surface area contributed by atoms with Crippen molar-refractivity contribution in [2.75, 3.05) is 5.32 Å². The molecule has 2 aromatic carbocycles. The van der Waals surface area contributed by atoms with Crippen LogP contribution in [0.15, 0.2) is 47.3 Å². The highest BCUT2D eigenvalue weighted by Crippen LogP contribution is 2.26. The van der Waals surface area contributed by atoms with Crippen molar-refractivity contribution < 1.29 is 9.18 Å². The summed E-state index contributed by atoms with van der Waals surface area (Å²) in [6.45, 7) is 0. The van der Waals surface area contributed by atoms with Crippen molar-refractivity contribution in [1.82, 2.24) is 14.8 Å². The number of thiazole rings is 1. The molecule has 0 aliphatic rings. The van der Waals surface area contributed by atoms with Gasteiger partial charge >= 0.3 is 0 Å². The van der Waals surface area contributed by atoms with E-state index in [1.807, 2.05) is 0 Å². The van der Waals surface area contributed by atoms with E-state index in [0.29, 0.717) is 21.1 Å². The molecule has 0 saturated carbocycles. The topological polar surface area (TPSA) is 76.9 Å². The minimum absolute atomic E-state index is 0.216. The number of anilines is 1. The predicted molar refractivity (Wildman–Crippen MR) is 94.5 cm³/mol. The molecular weight excluding hydrogens is 343 g/mol. The zero-order chi connectivity index (χ0) is 17.6. The van der Waals surface area contributed by atoms with Crippen LogP contribution in [0.1, 0.15) is 10.5 Å². The van der Waals surface area contributed by atoms with Crippen LogP contribution in [0.2, 0.25) is 0 Å². The lowest BCUT2D eigenvalue weighted by molar-refractivity contribution is 0.101. The molecule has 2 aromatic heterocycles. The molecule has 0 bridgehead atoms. The number of halogens is 1. The first-order valence-electron chi connectivity index (χ1n) is 7.36. The molecule has 1 N–H and O–H groups in total. The molecule has 25 heavy (non-hydrogen) atoms. The van der Waals surface area contributed by atoms with E-state index in [1.54, 1.807) is 31.3 Å². The largest absolute Gasteiger partial charge is 0.296 e. The zero-order valence-corrected chi connectivity index (χ0v) is 13.8. The number of fused-ring (bicyclic) bond motifs is 2. The number of aryl methyl sites for hydroxylation is 1. The lowest BCUT2D eigenvalue weighted by Gasteiger charge is -2.07. The summed E-state index contributed by atoms with van der Waals surface area (Å²) >= 11 is 1.13. The summed E-state index contributed by atoms with van der Waals surface area (Å²) in [6.07, 6.45) is 0. The van der Waals surface area contributed by atoms with Gasteiger partial charge in [0.2, 0.25) is 5.43 Å². The lowest BCUT2D eigenvalue weighted by Crippen LogP contribution is -2.26. The molecule has 0 unspecified atom stereocenters. The first-order valence-corrected chi connectivity index (χ1v) is 8.18. The van der Waals surface area contributed by atoms with Crippen LogP contribution in [-0.4, -0.2) is 20.7 Å². The van der Waals surface area contributed by atoms with Crippen LogP contribution in [0.25, 0.3) is 21.1 Å². The average Bonchev–Trinajstić information content (AvgIpc) is 2.99. The van der Waals surface area contributed by atoms with E-state index in [9.17, 15) is 14.0 Å². The van der Waals surface area contributed by atoms with Crippen molar-refractivity contribution in [2.24, 2.45) is 7.05 Å². The van der Waals surface area contributed by atoms with E-state index >= 15 is 0 Å². The van der Waals surface area contributed by atoms with Gasteiger partial charge in [-0.15, -0.1) is 0 Å². The fourth-order valence-electron chi connectivity index (χ4n) is 2.58. The van der Waals surface area contributed by atoms with Gasteiger partial charge in [0.05, 0.1) is 15.7 Å². The number of aromatic nitrogens is 3. The van der Waals surface area contributed by atoms with Crippen molar-refractivity contribution in [3.8, 4) is 0 Å². The maximum absolute atomic E-state index is 13.3. The van der Waals surface area contributed by atoms with E-state index in [1.165, 1.54) is 22.9 Å². The maximum Gasteiger partial charge on any atom is 0.281 e. The van der Waals surface area contributed by atoms with Crippen LogP contribution in [-0.2, 0) is 7.05 Å². The Bertz CT molecular complexity index is 1200. The molecule has 6 nitrogen and oxygen atoms in total. The molecule has 4 rings (SSSR count). The Kier molecular flexibility index (Phi) is 3.54. The Balaban J connectivity index is 1.74. The second-order valence-corrected chi connectivity index (χ2v) is 6.43. The van der Waals surface area contributed by atoms with Crippen molar-refractivity contribution in [2.45, 2.75) is 0 Å². The van der Waals surface area contributed by atoms with Gasteiger partial charge in [-0.2, -0.15) is 5.10 Å². The van der Waals surface area contributed by atoms with E-state index < -0.39 is 11.3 Å². The van der Waals surface area contributed by atoms with Gasteiger partial charge in [-0.3, -0.25) is 19.6 Å². The first-order chi connectivity index (χ1) is 12.0. The number of carbonyl (C=O) groups excluding carboxylic acids is 1. The molecule has 2 heterocycles. The van der Waals surface area contributed by atoms with Gasteiger partial charge in [0.1, 0.15) is 5.82 Å². The highest BCUT2D eigenvalue weighted by molar-refractivity contribution is 7.22. The normalized spacial score (nSPS) is 11.1. The highest BCUT2D eigenvalue weighted by atomic mass is 32.1. The lowest BCUT2D eigenvalue weighted by atomic mass is 10.2. The summed E-state index contributed by atoms with van der Waals surface area (Å²) in [5.41, 5.74) is 0.547. The van der Waals surface area contributed by atoms with Crippen molar-refractivity contribution >= 4 is 43.5 Å². The molecule has 0 spiro atoms. The minimum Gasteiger partial charge on any atom is -0.296 e. The standard InChI is InChI=1S/C17H11FN4O2S/c1-22-12-5-3-2-4-10(12)15(23)14(21-22)16(24)20-17-19-11-7-6-9(18)8-13(11)25-17/h2-8H,1H3,(H,19,20,24). The summed E-state index contributed by atoms with van der Waals surface area (Å²) < 4.78 is 15.3. The second-order valence-electron chi connectivity index (χ2n) is 5.40. The molecule has 0 fully saturated rings. The van der Waals surface area contributed by atoms with Gasteiger partial charge < -0.3 is 0 Å². The number of amides is 1. The summed E-state index contributed by atoms with van der Waals surface area (Å²) in [6, 6.07) is 11.1. The molecule has 0 saturated heterocycles. The molecule has 1 amide bonds. The van der Waals surface area contributed by atoms with Crippen LogP contribution < -0.4 is 10.7 Å². The molecule has 124 valence electrons. The van der Waals surface area contributed by atoms with E-state index in [4.69, 9.17) is 0 Å². The maximum atomic E-state index is 13.3. The van der Waals surface area contributed by atoms with Crippen LogP contribution in [0, 0.1) is 5.82 Å². The van der Waals surface area contributed by atoms with Crippen LogP contribution >= 0.6 is 11.3 Å². The second kappa shape index (κ2) is 5.75. The average molecular weight is 354 g/mol. The molecule has 0 atom stereocenters. The van der Waals surface area contributed by atoms with E-state index in [-0.39, 0.29) is 16.6 Å². The minimum atomic E-state index is -0.647. The number of hydrogen-bond donors (Lipinski definition) is 1. The molecule has 0 aliphatic heterocycles.